The summed E-state index contributed by atoms with van der Waals surface area (Å²) in [4.78, 5) is 2.65. The first-order valence-electron chi connectivity index (χ1n) is 12.6. The molecule has 4 nitrogen and oxygen atoms in total. The van der Waals surface area contributed by atoms with Crippen molar-refractivity contribution in [2.75, 3.05) is 13.1 Å². The second kappa shape index (κ2) is 6.30. The second-order valence-electron chi connectivity index (χ2n) is 12.6. The molecule has 2 saturated carbocycles. The normalized spacial score (nSPS) is 36.7. The number of hydrogen-bond acceptors (Lipinski definition) is 4. The van der Waals surface area contributed by atoms with E-state index < -0.39 is 13.9 Å². The van der Waals surface area contributed by atoms with E-state index in [0.29, 0.717) is 0 Å². The summed E-state index contributed by atoms with van der Waals surface area (Å²) < 4.78 is 13.6. The van der Waals surface area contributed by atoms with Crippen LogP contribution in [0.3, 0.4) is 0 Å². The third-order valence-electron chi connectivity index (χ3n) is 9.82. The van der Waals surface area contributed by atoms with Gasteiger partial charge >= 0.3 is 0 Å². The van der Waals surface area contributed by atoms with E-state index in [1.165, 1.54) is 30.5 Å². The first-order chi connectivity index (χ1) is 14.6. The molecule has 170 valence electrons. The monoisotopic (exact) mass is 441 g/mol. The van der Waals surface area contributed by atoms with E-state index in [1.807, 2.05) is 0 Å². The summed E-state index contributed by atoms with van der Waals surface area (Å²) in [6.07, 6.45) is 7.80. The van der Waals surface area contributed by atoms with Gasteiger partial charge in [0.2, 0.25) is 0 Å². The SMILES string of the molecule is CC(C)(C)[Si](C)(C)Oc1ccc2c3c1O[C@H]1CCC[C@@]4(O)[C@@H](C2)N(CC2CC2)CC[C@]314. The van der Waals surface area contributed by atoms with Gasteiger partial charge in [-0.3, -0.25) is 4.90 Å². The number of rotatable bonds is 4. The molecule has 1 aromatic carbocycles. The molecule has 2 heterocycles. The van der Waals surface area contributed by atoms with Gasteiger partial charge in [0, 0.05) is 18.2 Å². The minimum Gasteiger partial charge on any atom is -0.541 e. The first kappa shape index (κ1) is 20.6. The van der Waals surface area contributed by atoms with Gasteiger partial charge in [0.15, 0.2) is 5.75 Å². The van der Waals surface area contributed by atoms with Crippen molar-refractivity contribution in [3.05, 3.63) is 23.3 Å². The lowest BCUT2D eigenvalue weighted by Crippen LogP contribution is -2.75. The lowest BCUT2D eigenvalue weighted by atomic mass is 9.49. The predicted octanol–water partition coefficient (Wildman–Crippen LogP) is 5.02. The topological polar surface area (TPSA) is 41.9 Å². The van der Waals surface area contributed by atoms with Gasteiger partial charge in [-0.15, -0.1) is 0 Å². The maximum atomic E-state index is 12.4. The van der Waals surface area contributed by atoms with Crippen LogP contribution < -0.4 is 9.16 Å². The Balaban J connectivity index is 1.46. The standard InChI is InChI=1S/C26H39NO3Si/c1-24(2,3)31(4,5)30-19-11-10-18-15-20-26(28)12-6-7-21-25(26,22(18)23(19)29-21)13-14-27(20)16-17-8-9-17/h10-11,17,20-21,28H,6-9,12-16H2,1-5H3/t20-,21+,25-,26-/m1/s1. The Labute approximate surface area is 188 Å². The minimum atomic E-state index is -1.98. The van der Waals surface area contributed by atoms with Crippen LogP contribution in [0.1, 0.15) is 70.4 Å². The van der Waals surface area contributed by atoms with E-state index in [4.69, 9.17) is 9.16 Å². The Morgan fingerprint density at radius 1 is 1.19 bits per heavy atom. The summed E-state index contributed by atoms with van der Waals surface area (Å²) in [6, 6.07) is 4.71. The molecule has 3 aliphatic carbocycles. The van der Waals surface area contributed by atoms with E-state index in [0.717, 1.165) is 56.1 Å². The Morgan fingerprint density at radius 2 is 1.97 bits per heavy atom. The van der Waals surface area contributed by atoms with Crippen molar-refractivity contribution in [2.45, 2.75) is 107 Å². The first-order valence-corrected chi connectivity index (χ1v) is 15.5. The Kier molecular flexibility index (Phi) is 4.17. The third kappa shape index (κ3) is 2.66. The van der Waals surface area contributed by atoms with Crippen molar-refractivity contribution < 1.29 is 14.3 Å². The van der Waals surface area contributed by atoms with Crippen molar-refractivity contribution in [1.82, 2.24) is 4.90 Å². The molecule has 3 fully saturated rings. The van der Waals surface area contributed by atoms with E-state index in [1.54, 1.807) is 0 Å². The van der Waals surface area contributed by atoms with Crippen molar-refractivity contribution in [2.24, 2.45) is 5.92 Å². The molecule has 4 atom stereocenters. The number of aliphatic hydroxyl groups is 1. The van der Waals surface area contributed by atoms with Gasteiger partial charge in [-0.1, -0.05) is 26.8 Å². The van der Waals surface area contributed by atoms with Gasteiger partial charge in [-0.2, -0.15) is 0 Å². The largest absolute Gasteiger partial charge is 0.541 e. The highest BCUT2D eigenvalue weighted by Gasteiger charge is 2.71. The number of nitrogens with zero attached hydrogens (tertiary/aromatic N) is 1. The third-order valence-corrected chi connectivity index (χ3v) is 14.2. The highest BCUT2D eigenvalue weighted by Crippen LogP contribution is 2.66. The van der Waals surface area contributed by atoms with E-state index in [-0.39, 0.29) is 22.6 Å². The van der Waals surface area contributed by atoms with Gasteiger partial charge in [0.25, 0.3) is 8.32 Å². The summed E-state index contributed by atoms with van der Waals surface area (Å²) in [5.74, 6) is 2.76. The maximum absolute atomic E-state index is 12.4. The Bertz CT molecular complexity index is 920. The van der Waals surface area contributed by atoms with Crippen LogP contribution in [-0.2, 0) is 11.8 Å². The number of hydrogen-bond donors (Lipinski definition) is 1. The Hall–Kier alpha value is -1.04. The van der Waals surface area contributed by atoms with Gasteiger partial charge in [-0.25, -0.2) is 0 Å². The van der Waals surface area contributed by atoms with Gasteiger partial charge < -0.3 is 14.3 Å². The molecule has 2 aliphatic heterocycles. The molecule has 6 rings (SSSR count). The minimum absolute atomic E-state index is 0.0926. The zero-order valence-electron chi connectivity index (χ0n) is 20.0. The molecule has 1 spiro atoms. The lowest BCUT2D eigenvalue weighted by Gasteiger charge is -2.63. The van der Waals surface area contributed by atoms with E-state index in [2.05, 4.69) is 50.9 Å². The van der Waals surface area contributed by atoms with Crippen LogP contribution in [0.25, 0.3) is 0 Å². The fourth-order valence-electron chi connectivity index (χ4n) is 6.97. The van der Waals surface area contributed by atoms with Crippen molar-refractivity contribution in [3.8, 4) is 11.5 Å². The van der Waals surface area contributed by atoms with E-state index >= 15 is 0 Å². The lowest BCUT2D eigenvalue weighted by molar-refractivity contribution is -0.185. The summed E-state index contributed by atoms with van der Waals surface area (Å²) in [6.45, 7) is 13.7. The van der Waals surface area contributed by atoms with Crippen molar-refractivity contribution in [1.29, 1.82) is 0 Å². The zero-order chi connectivity index (χ0) is 21.8. The highest BCUT2D eigenvalue weighted by molar-refractivity contribution is 6.74. The van der Waals surface area contributed by atoms with Gasteiger partial charge in [0.05, 0.1) is 11.0 Å². The second-order valence-corrected chi connectivity index (χ2v) is 17.3. The average molecular weight is 442 g/mol. The molecule has 1 saturated heterocycles. The molecule has 0 radical (unpaired) electrons. The quantitative estimate of drug-likeness (QED) is 0.666. The van der Waals surface area contributed by atoms with Crippen molar-refractivity contribution in [3.63, 3.8) is 0 Å². The molecule has 31 heavy (non-hydrogen) atoms. The molecular weight excluding hydrogens is 402 g/mol. The zero-order valence-corrected chi connectivity index (χ0v) is 21.0. The molecule has 0 aromatic heterocycles. The fraction of sp³-hybridized carbons (Fsp3) is 0.769. The maximum Gasteiger partial charge on any atom is 0.250 e. The summed E-state index contributed by atoms with van der Waals surface area (Å²) in [5.41, 5.74) is 1.80. The molecular formula is C26H39NO3Si. The summed E-state index contributed by atoms with van der Waals surface area (Å²) in [7, 11) is -1.98. The average Bonchev–Trinajstić information content (AvgIpc) is 3.42. The smallest absolute Gasteiger partial charge is 0.250 e. The van der Waals surface area contributed by atoms with Crippen LogP contribution in [0, 0.1) is 5.92 Å². The van der Waals surface area contributed by atoms with E-state index in [9.17, 15) is 5.11 Å². The molecule has 1 aromatic rings. The Morgan fingerprint density at radius 3 is 2.68 bits per heavy atom. The summed E-state index contributed by atoms with van der Waals surface area (Å²) >= 11 is 0. The molecule has 0 unspecified atom stereocenters. The molecule has 2 bridgehead atoms. The fourth-order valence-corrected chi connectivity index (χ4v) is 7.99. The van der Waals surface area contributed by atoms with Crippen LogP contribution >= 0.6 is 0 Å². The van der Waals surface area contributed by atoms with Crippen LogP contribution in [0.15, 0.2) is 12.1 Å². The molecule has 0 amide bonds. The van der Waals surface area contributed by atoms with Gasteiger partial charge in [0.1, 0.15) is 11.9 Å². The van der Waals surface area contributed by atoms with Crippen LogP contribution in [0.4, 0.5) is 0 Å². The van der Waals surface area contributed by atoms with Gasteiger partial charge in [-0.05, 0) is 87.2 Å². The molecule has 5 aliphatic rings. The predicted molar refractivity (Wildman–Crippen MR) is 126 cm³/mol. The summed E-state index contributed by atoms with van der Waals surface area (Å²) in [5, 5.41) is 12.6. The molecule has 5 heteroatoms. The van der Waals surface area contributed by atoms with Crippen molar-refractivity contribution >= 4 is 8.32 Å². The number of piperidine rings is 1. The van der Waals surface area contributed by atoms with Crippen LogP contribution in [0.5, 0.6) is 11.5 Å². The number of benzene rings is 1. The van der Waals surface area contributed by atoms with Crippen LogP contribution in [-0.4, -0.2) is 49.2 Å². The number of ether oxygens (including phenoxy) is 1. The van der Waals surface area contributed by atoms with Crippen LogP contribution in [0.2, 0.25) is 18.1 Å². The molecule has 1 N–H and O–H groups in total. The number of likely N-dealkylation sites (tertiary alicyclic amines) is 1. The highest BCUT2D eigenvalue weighted by atomic mass is 28.4.